The first kappa shape index (κ1) is 19.5. The van der Waals surface area contributed by atoms with E-state index in [2.05, 4.69) is 5.32 Å². The van der Waals surface area contributed by atoms with Crippen molar-refractivity contribution in [1.82, 2.24) is 0 Å². The van der Waals surface area contributed by atoms with E-state index in [0.29, 0.717) is 10.6 Å². The van der Waals surface area contributed by atoms with Crippen LogP contribution in [0.15, 0.2) is 53.4 Å². The first-order valence-electron chi connectivity index (χ1n) is 7.64. The Morgan fingerprint density at radius 1 is 1.15 bits per heavy atom. The maximum absolute atomic E-state index is 12.9. The maximum Gasteiger partial charge on any atom is 0.340 e. The molecule has 2 rings (SSSR count). The van der Waals surface area contributed by atoms with Crippen LogP contribution in [-0.4, -0.2) is 29.6 Å². The number of nitrogens with one attached hydrogen (secondary N) is 1. The number of hydrogen-bond acceptors (Lipinski definition) is 5. The highest BCUT2D eigenvalue weighted by atomic mass is 32.2. The molecule has 0 aliphatic rings. The Bertz CT molecular complexity index is 811. The monoisotopic (exact) mass is 376 g/mol. The van der Waals surface area contributed by atoms with E-state index in [1.165, 1.54) is 37.3 Å². The summed E-state index contributed by atoms with van der Waals surface area (Å²) in [6.45, 7) is 1.38. The average molecular weight is 376 g/mol. The van der Waals surface area contributed by atoms with E-state index in [9.17, 15) is 18.8 Å². The van der Waals surface area contributed by atoms with Crippen LogP contribution >= 0.6 is 11.8 Å². The number of ether oxygens (including phenoxy) is 1. The van der Waals surface area contributed by atoms with Crippen LogP contribution in [0, 0.1) is 5.82 Å². The smallest absolute Gasteiger partial charge is 0.340 e. The Balaban J connectivity index is 1.99. The third-order valence-corrected chi connectivity index (χ3v) is 4.35. The third-order valence-electron chi connectivity index (χ3n) is 3.28. The lowest BCUT2D eigenvalue weighted by atomic mass is 10.2. The molecule has 0 aliphatic carbocycles. The molecule has 0 aromatic heterocycles. The molecule has 2 aromatic carbocycles. The molecular weight excluding hydrogens is 359 g/mol. The highest BCUT2D eigenvalue weighted by Gasteiger charge is 2.19. The van der Waals surface area contributed by atoms with Crippen molar-refractivity contribution in [2.45, 2.75) is 17.9 Å². The van der Waals surface area contributed by atoms with Gasteiger partial charge >= 0.3 is 5.97 Å². The van der Waals surface area contributed by atoms with Crippen LogP contribution < -0.4 is 11.1 Å². The molecule has 1 atom stereocenters. The van der Waals surface area contributed by atoms with Gasteiger partial charge in [-0.25, -0.2) is 9.18 Å². The fourth-order valence-corrected chi connectivity index (χ4v) is 2.76. The summed E-state index contributed by atoms with van der Waals surface area (Å²) in [7, 11) is 0. The molecule has 0 saturated carbocycles. The molecule has 2 aromatic rings. The number of primary amides is 1. The van der Waals surface area contributed by atoms with E-state index in [-0.39, 0.29) is 17.2 Å². The molecule has 6 nitrogen and oxygen atoms in total. The first-order valence-corrected chi connectivity index (χ1v) is 8.63. The molecule has 0 fully saturated rings. The van der Waals surface area contributed by atoms with E-state index in [1.54, 1.807) is 18.2 Å². The van der Waals surface area contributed by atoms with Gasteiger partial charge in [0, 0.05) is 10.6 Å². The molecule has 0 aliphatic heterocycles. The van der Waals surface area contributed by atoms with Crippen LogP contribution in [0.25, 0.3) is 0 Å². The van der Waals surface area contributed by atoms with Gasteiger partial charge in [0.25, 0.3) is 5.91 Å². The van der Waals surface area contributed by atoms with E-state index in [4.69, 9.17) is 10.5 Å². The van der Waals surface area contributed by atoms with Crippen molar-refractivity contribution in [1.29, 1.82) is 0 Å². The van der Waals surface area contributed by atoms with Gasteiger partial charge < -0.3 is 15.8 Å². The first-order chi connectivity index (χ1) is 12.4. The van der Waals surface area contributed by atoms with Crippen molar-refractivity contribution >= 4 is 35.2 Å². The summed E-state index contributed by atoms with van der Waals surface area (Å²) >= 11 is 1.14. The van der Waals surface area contributed by atoms with Gasteiger partial charge in [0.05, 0.1) is 11.3 Å². The largest absolute Gasteiger partial charge is 0.449 e. The number of carbonyl (C=O) groups excluding carboxylic acids is 3. The zero-order valence-electron chi connectivity index (χ0n) is 13.9. The zero-order valence-corrected chi connectivity index (χ0v) is 14.7. The SMILES string of the molecule is CC(OC(=O)c1ccccc1SCC(=O)Nc1ccc(F)cc1)C(N)=O. The summed E-state index contributed by atoms with van der Waals surface area (Å²) in [6.07, 6.45) is -1.05. The second-order valence-corrected chi connectivity index (χ2v) is 6.31. The summed E-state index contributed by atoms with van der Waals surface area (Å²) in [5.41, 5.74) is 5.79. The van der Waals surface area contributed by atoms with E-state index in [0.717, 1.165) is 11.8 Å². The van der Waals surface area contributed by atoms with Crippen molar-refractivity contribution in [3.63, 3.8) is 0 Å². The Morgan fingerprint density at radius 2 is 1.81 bits per heavy atom. The number of halogens is 1. The van der Waals surface area contributed by atoms with Crippen molar-refractivity contribution in [2.24, 2.45) is 5.73 Å². The van der Waals surface area contributed by atoms with Crippen LogP contribution in [0.2, 0.25) is 0 Å². The lowest BCUT2D eigenvalue weighted by molar-refractivity contribution is -0.125. The van der Waals surface area contributed by atoms with E-state index < -0.39 is 23.8 Å². The van der Waals surface area contributed by atoms with Gasteiger partial charge in [-0.3, -0.25) is 9.59 Å². The Morgan fingerprint density at radius 3 is 2.46 bits per heavy atom. The molecule has 8 heteroatoms. The summed E-state index contributed by atoms with van der Waals surface area (Å²) in [6, 6.07) is 12.0. The lowest BCUT2D eigenvalue weighted by Gasteiger charge is -2.12. The average Bonchev–Trinajstić information content (AvgIpc) is 2.62. The Kier molecular flexibility index (Phi) is 6.74. The van der Waals surface area contributed by atoms with Crippen molar-refractivity contribution in [2.75, 3.05) is 11.1 Å². The molecule has 0 spiro atoms. The van der Waals surface area contributed by atoms with Gasteiger partial charge in [-0.1, -0.05) is 12.1 Å². The highest BCUT2D eigenvalue weighted by molar-refractivity contribution is 8.00. The van der Waals surface area contributed by atoms with Gasteiger partial charge in [-0.05, 0) is 43.3 Å². The van der Waals surface area contributed by atoms with Gasteiger partial charge in [0.2, 0.25) is 5.91 Å². The van der Waals surface area contributed by atoms with Crippen LogP contribution in [0.5, 0.6) is 0 Å². The number of benzene rings is 2. The minimum Gasteiger partial charge on any atom is -0.449 e. The number of thioether (sulfide) groups is 1. The molecule has 1 unspecified atom stereocenters. The number of carbonyl (C=O) groups is 3. The number of anilines is 1. The zero-order chi connectivity index (χ0) is 19.1. The third kappa shape index (κ3) is 5.59. The van der Waals surface area contributed by atoms with Crippen LogP contribution in [0.3, 0.4) is 0 Å². The number of amides is 2. The number of esters is 1. The fraction of sp³-hybridized carbons (Fsp3) is 0.167. The predicted octanol–water partition coefficient (Wildman–Crippen LogP) is 2.59. The summed E-state index contributed by atoms with van der Waals surface area (Å²) < 4.78 is 17.9. The molecule has 0 bridgehead atoms. The quantitative estimate of drug-likeness (QED) is 0.572. The normalized spacial score (nSPS) is 11.5. The molecule has 0 heterocycles. The second-order valence-electron chi connectivity index (χ2n) is 5.29. The van der Waals surface area contributed by atoms with Crippen LogP contribution in [-0.2, 0) is 14.3 Å². The van der Waals surface area contributed by atoms with E-state index >= 15 is 0 Å². The fourth-order valence-electron chi connectivity index (χ4n) is 1.92. The van der Waals surface area contributed by atoms with Crippen LogP contribution in [0.1, 0.15) is 17.3 Å². The van der Waals surface area contributed by atoms with Crippen LogP contribution in [0.4, 0.5) is 10.1 Å². The Labute approximate surface area is 153 Å². The maximum atomic E-state index is 12.9. The predicted molar refractivity (Wildman–Crippen MR) is 96.3 cm³/mol. The standard InChI is InChI=1S/C18H17FN2O4S/c1-11(17(20)23)25-18(24)14-4-2-3-5-15(14)26-10-16(22)21-13-8-6-12(19)7-9-13/h2-9,11H,10H2,1H3,(H2,20,23)(H,21,22). The molecular formula is C18H17FN2O4S. The highest BCUT2D eigenvalue weighted by Crippen LogP contribution is 2.24. The summed E-state index contributed by atoms with van der Waals surface area (Å²) in [5, 5.41) is 2.63. The van der Waals surface area contributed by atoms with Gasteiger partial charge in [0.1, 0.15) is 5.82 Å². The summed E-state index contributed by atoms with van der Waals surface area (Å²) in [4.78, 5) is 35.7. The minimum absolute atomic E-state index is 0.0348. The van der Waals surface area contributed by atoms with Crippen molar-refractivity contribution in [3.05, 3.63) is 59.9 Å². The summed E-state index contributed by atoms with van der Waals surface area (Å²) in [5.74, 6) is -2.11. The topological polar surface area (TPSA) is 98.5 Å². The van der Waals surface area contributed by atoms with Crippen molar-refractivity contribution < 1.29 is 23.5 Å². The second kappa shape index (κ2) is 9.00. The molecule has 136 valence electrons. The lowest BCUT2D eigenvalue weighted by Crippen LogP contribution is -2.30. The molecule has 3 N–H and O–H groups in total. The number of nitrogens with two attached hydrogens (primary N) is 1. The van der Waals surface area contributed by atoms with Gasteiger partial charge in [-0.15, -0.1) is 11.8 Å². The number of rotatable bonds is 7. The molecule has 0 saturated heterocycles. The molecule has 2 amide bonds. The van der Waals surface area contributed by atoms with E-state index in [1.807, 2.05) is 0 Å². The van der Waals surface area contributed by atoms with Crippen molar-refractivity contribution in [3.8, 4) is 0 Å². The van der Waals surface area contributed by atoms with Gasteiger partial charge in [-0.2, -0.15) is 0 Å². The minimum atomic E-state index is -1.05. The molecule has 0 radical (unpaired) electrons. The molecule has 26 heavy (non-hydrogen) atoms. The number of hydrogen-bond donors (Lipinski definition) is 2. The Hall–Kier alpha value is -2.87. The van der Waals surface area contributed by atoms with Gasteiger partial charge in [0.15, 0.2) is 6.10 Å².